The number of nitrogens with zero attached hydrogens (tertiary/aromatic N) is 1. The Kier molecular flexibility index (Phi) is 7.02. The SMILES string of the molecule is CC[C@H](C)C(=O)NC[C@H](c1c(F)cccc1Cl)N1CCO[C@H](C)C1. The molecule has 0 spiro atoms. The van der Waals surface area contributed by atoms with E-state index in [-0.39, 0.29) is 29.8 Å². The molecular formula is C18H26ClFN2O2. The molecule has 134 valence electrons. The summed E-state index contributed by atoms with van der Waals surface area (Å²) in [6.45, 7) is 8.12. The second kappa shape index (κ2) is 8.79. The van der Waals surface area contributed by atoms with Crippen molar-refractivity contribution in [3.8, 4) is 0 Å². The number of hydrogen-bond donors (Lipinski definition) is 1. The normalized spacial score (nSPS) is 21.3. The van der Waals surface area contributed by atoms with E-state index in [1.54, 1.807) is 12.1 Å². The van der Waals surface area contributed by atoms with Crippen molar-refractivity contribution in [2.75, 3.05) is 26.2 Å². The Morgan fingerprint density at radius 2 is 2.29 bits per heavy atom. The Hall–Kier alpha value is -1.17. The van der Waals surface area contributed by atoms with Crippen molar-refractivity contribution in [3.63, 3.8) is 0 Å². The monoisotopic (exact) mass is 356 g/mol. The lowest BCUT2D eigenvalue weighted by Gasteiger charge is -2.38. The average Bonchev–Trinajstić information content (AvgIpc) is 2.56. The fourth-order valence-electron chi connectivity index (χ4n) is 2.93. The second-order valence-electron chi connectivity index (χ2n) is 6.38. The molecule has 0 aliphatic carbocycles. The van der Waals surface area contributed by atoms with Crippen molar-refractivity contribution in [2.24, 2.45) is 5.92 Å². The maximum atomic E-state index is 14.4. The zero-order chi connectivity index (χ0) is 17.7. The number of rotatable bonds is 6. The number of ether oxygens (including phenoxy) is 1. The molecule has 0 radical (unpaired) electrons. The van der Waals surface area contributed by atoms with Gasteiger partial charge in [-0.05, 0) is 25.5 Å². The molecule has 0 bridgehead atoms. The van der Waals surface area contributed by atoms with Gasteiger partial charge in [0.25, 0.3) is 0 Å². The van der Waals surface area contributed by atoms with Gasteiger partial charge in [0, 0.05) is 36.1 Å². The van der Waals surface area contributed by atoms with Crippen molar-refractivity contribution in [1.29, 1.82) is 0 Å². The summed E-state index contributed by atoms with van der Waals surface area (Å²) in [7, 11) is 0. The summed E-state index contributed by atoms with van der Waals surface area (Å²) in [5.74, 6) is -0.425. The van der Waals surface area contributed by atoms with Gasteiger partial charge in [0.05, 0.1) is 18.8 Å². The molecule has 0 aromatic heterocycles. The zero-order valence-electron chi connectivity index (χ0n) is 14.5. The molecule has 1 heterocycles. The maximum Gasteiger partial charge on any atom is 0.222 e. The van der Waals surface area contributed by atoms with Crippen LogP contribution in [0.5, 0.6) is 0 Å². The highest BCUT2D eigenvalue weighted by Crippen LogP contribution is 2.31. The molecule has 1 N–H and O–H groups in total. The number of hydrogen-bond acceptors (Lipinski definition) is 3. The smallest absolute Gasteiger partial charge is 0.222 e. The number of morpholine rings is 1. The van der Waals surface area contributed by atoms with Crippen LogP contribution in [0.15, 0.2) is 18.2 Å². The van der Waals surface area contributed by atoms with Crippen LogP contribution in [0.4, 0.5) is 4.39 Å². The van der Waals surface area contributed by atoms with Crippen LogP contribution < -0.4 is 5.32 Å². The van der Waals surface area contributed by atoms with Gasteiger partial charge in [-0.2, -0.15) is 0 Å². The summed E-state index contributed by atoms with van der Waals surface area (Å²) in [4.78, 5) is 14.3. The van der Waals surface area contributed by atoms with Crippen molar-refractivity contribution in [1.82, 2.24) is 10.2 Å². The number of nitrogens with one attached hydrogen (secondary N) is 1. The first-order chi connectivity index (χ1) is 11.4. The standard InChI is InChI=1S/C18H26ClFN2O2/c1-4-12(2)18(23)21-10-16(22-8-9-24-13(3)11-22)17-14(19)6-5-7-15(17)20/h5-7,12-13,16H,4,8-11H2,1-3H3,(H,21,23)/t12-,13+,16+/m0/s1. The van der Waals surface area contributed by atoms with E-state index in [2.05, 4.69) is 10.2 Å². The van der Waals surface area contributed by atoms with E-state index in [4.69, 9.17) is 16.3 Å². The highest BCUT2D eigenvalue weighted by Gasteiger charge is 2.29. The summed E-state index contributed by atoms with van der Waals surface area (Å²) in [6, 6.07) is 4.39. The highest BCUT2D eigenvalue weighted by molar-refractivity contribution is 6.31. The molecule has 1 aliphatic heterocycles. The fourth-order valence-corrected chi connectivity index (χ4v) is 3.22. The molecule has 1 fully saturated rings. The minimum absolute atomic E-state index is 0.0173. The molecule has 6 heteroatoms. The maximum absolute atomic E-state index is 14.4. The summed E-state index contributed by atoms with van der Waals surface area (Å²) in [5, 5.41) is 3.34. The van der Waals surface area contributed by atoms with Crippen LogP contribution in [-0.4, -0.2) is 43.2 Å². The van der Waals surface area contributed by atoms with Crippen LogP contribution in [0.3, 0.4) is 0 Å². The first-order valence-electron chi connectivity index (χ1n) is 8.51. The average molecular weight is 357 g/mol. The highest BCUT2D eigenvalue weighted by atomic mass is 35.5. The quantitative estimate of drug-likeness (QED) is 0.849. The Bertz CT molecular complexity index is 550. The molecule has 24 heavy (non-hydrogen) atoms. The number of halogens is 2. The summed E-state index contributed by atoms with van der Waals surface area (Å²) >= 11 is 6.27. The van der Waals surface area contributed by atoms with E-state index in [0.717, 1.165) is 6.42 Å². The van der Waals surface area contributed by atoms with Crippen LogP contribution in [0.25, 0.3) is 0 Å². The van der Waals surface area contributed by atoms with Crippen molar-refractivity contribution < 1.29 is 13.9 Å². The van der Waals surface area contributed by atoms with Crippen LogP contribution >= 0.6 is 11.6 Å². The van der Waals surface area contributed by atoms with Crippen LogP contribution in [0.2, 0.25) is 5.02 Å². The lowest BCUT2D eigenvalue weighted by atomic mass is 10.0. The van der Waals surface area contributed by atoms with Gasteiger partial charge in [-0.15, -0.1) is 0 Å². The van der Waals surface area contributed by atoms with Gasteiger partial charge in [-0.3, -0.25) is 9.69 Å². The molecule has 1 aliphatic rings. The first kappa shape index (κ1) is 19.2. The molecule has 0 unspecified atom stereocenters. The topological polar surface area (TPSA) is 41.6 Å². The molecular weight excluding hydrogens is 331 g/mol. The third kappa shape index (κ3) is 4.68. The number of carbonyl (C=O) groups is 1. The van der Waals surface area contributed by atoms with Gasteiger partial charge in [0.1, 0.15) is 5.82 Å². The van der Waals surface area contributed by atoms with Crippen LogP contribution in [0, 0.1) is 11.7 Å². The molecule has 1 amide bonds. The number of benzene rings is 1. The first-order valence-corrected chi connectivity index (χ1v) is 8.89. The zero-order valence-corrected chi connectivity index (χ0v) is 15.3. The molecule has 0 saturated carbocycles. The van der Waals surface area contributed by atoms with Crippen molar-refractivity contribution in [3.05, 3.63) is 34.6 Å². The van der Waals surface area contributed by atoms with E-state index < -0.39 is 0 Å². The second-order valence-corrected chi connectivity index (χ2v) is 6.79. The van der Waals surface area contributed by atoms with E-state index in [1.165, 1.54) is 6.07 Å². The largest absolute Gasteiger partial charge is 0.376 e. The minimum atomic E-state index is -0.343. The predicted molar refractivity (Wildman–Crippen MR) is 93.6 cm³/mol. The van der Waals surface area contributed by atoms with Gasteiger partial charge >= 0.3 is 0 Å². The van der Waals surface area contributed by atoms with E-state index >= 15 is 0 Å². The Balaban J connectivity index is 2.23. The van der Waals surface area contributed by atoms with Crippen molar-refractivity contribution in [2.45, 2.75) is 39.3 Å². The molecule has 3 atom stereocenters. The van der Waals surface area contributed by atoms with Crippen molar-refractivity contribution >= 4 is 17.5 Å². The molecule has 1 saturated heterocycles. The van der Waals surface area contributed by atoms with Gasteiger partial charge in [0.15, 0.2) is 0 Å². The Labute approximate surface area is 148 Å². The van der Waals surface area contributed by atoms with E-state index in [0.29, 0.717) is 36.8 Å². The summed E-state index contributed by atoms with van der Waals surface area (Å²) in [5.41, 5.74) is 0.442. The fraction of sp³-hybridized carbons (Fsp3) is 0.611. The van der Waals surface area contributed by atoms with Crippen LogP contribution in [0.1, 0.15) is 38.8 Å². The molecule has 4 nitrogen and oxygen atoms in total. The van der Waals surface area contributed by atoms with Gasteiger partial charge < -0.3 is 10.1 Å². The number of carbonyl (C=O) groups excluding carboxylic acids is 1. The lowest BCUT2D eigenvalue weighted by molar-refractivity contribution is -0.125. The van der Waals surface area contributed by atoms with Crippen LogP contribution in [-0.2, 0) is 9.53 Å². The van der Waals surface area contributed by atoms with E-state index in [9.17, 15) is 9.18 Å². The lowest BCUT2D eigenvalue weighted by Crippen LogP contribution is -2.47. The summed E-state index contributed by atoms with van der Waals surface area (Å²) < 4.78 is 20.0. The molecule has 1 aromatic carbocycles. The number of amides is 1. The predicted octanol–water partition coefficient (Wildman–Crippen LogP) is 3.40. The minimum Gasteiger partial charge on any atom is -0.376 e. The molecule has 2 rings (SSSR count). The Morgan fingerprint density at radius 3 is 2.92 bits per heavy atom. The van der Waals surface area contributed by atoms with E-state index in [1.807, 2.05) is 20.8 Å². The van der Waals surface area contributed by atoms with Gasteiger partial charge in [0.2, 0.25) is 5.91 Å². The third-order valence-corrected chi connectivity index (χ3v) is 4.91. The third-order valence-electron chi connectivity index (χ3n) is 4.58. The van der Waals surface area contributed by atoms with Gasteiger partial charge in [-0.1, -0.05) is 31.5 Å². The Morgan fingerprint density at radius 1 is 1.54 bits per heavy atom. The van der Waals surface area contributed by atoms with Gasteiger partial charge in [-0.25, -0.2) is 4.39 Å². The molecule has 1 aromatic rings. The summed E-state index contributed by atoms with van der Waals surface area (Å²) in [6.07, 6.45) is 0.836.